The van der Waals surface area contributed by atoms with Gasteiger partial charge in [-0.05, 0) is 23.6 Å². The molecule has 0 aliphatic heterocycles. The minimum absolute atomic E-state index is 0.156. The van der Waals surface area contributed by atoms with E-state index < -0.39 is 0 Å². The number of hydrogen-bond donors (Lipinski definition) is 2. The molecule has 0 aliphatic carbocycles. The lowest BCUT2D eigenvalue weighted by molar-refractivity contribution is 0.477. The number of nitrogen functional groups attached to an aromatic ring is 1. The summed E-state index contributed by atoms with van der Waals surface area (Å²) in [5.41, 5.74) is 8.40. The van der Waals surface area contributed by atoms with Crippen LogP contribution in [0.15, 0.2) is 48.5 Å². The standard InChI is InChI=1S/C13H13NO/c14-13-11(7-4-8-12(13)15)9-10-5-2-1-3-6-10/h1-8,15H,9,14H2. The molecule has 0 amide bonds. The van der Waals surface area contributed by atoms with Crippen molar-refractivity contribution in [3.63, 3.8) is 0 Å². The van der Waals surface area contributed by atoms with Gasteiger partial charge < -0.3 is 10.8 Å². The Morgan fingerprint density at radius 3 is 2.40 bits per heavy atom. The van der Waals surface area contributed by atoms with Crippen LogP contribution in [0.5, 0.6) is 5.75 Å². The lowest BCUT2D eigenvalue weighted by atomic mass is 10.0. The van der Waals surface area contributed by atoms with Crippen LogP contribution in [-0.2, 0) is 6.42 Å². The third-order valence-corrected chi connectivity index (χ3v) is 2.41. The van der Waals surface area contributed by atoms with Crippen LogP contribution in [0.2, 0.25) is 0 Å². The van der Waals surface area contributed by atoms with E-state index in [1.54, 1.807) is 6.07 Å². The summed E-state index contributed by atoms with van der Waals surface area (Å²) >= 11 is 0. The van der Waals surface area contributed by atoms with Crippen LogP contribution in [0.25, 0.3) is 0 Å². The fraction of sp³-hybridized carbons (Fsp3) is 0.0769. The summed E-state index contributed by atoms with van der Waals surface area (Å²) in [5.74, 6) is 0.156. The van der Waals surface area contributed by atoms with Gasteiger partial charge in [-0.25, -0.2) is 0 Å². The molecule has 0 spiro atoms. The Labute approximate surface area is 89.0 Å². The van der Waals surface area contributed by atoms with Crippen LogP contribution in [-0.4, -0.2) is 5.11 Å². The minimum Gasteiger partial charge on any atom is -0.506 e. The highest BCUT2D eigenvalue weighted by Gasteiger charge is 2.03. The molecule has 0 radical (unpaired) electrons. The van der Waals surface area contributed by atoms with Gasteiger partial charge in [-0.1, -0.05) is 42.5 Å². The van der Waals surface area contributed by atoms with E-state index in [0.717, 1.165) is 12.0 Å². The minimum atomic E-state index is 0.156. The fourth-order valence-corrected chi connectivity index (χ4v) is 1.57. The Kier molecular flexibility index (Phi) is 2.59. The molecular weight excluding hydrogens is 186 g/mol. The van der Waals surface area contributed by atoms with Crippen molar-refractivity contribution in [2.75, 3.05) is 5.73 Å². The molecular formula is C13H13NO. The van der Waals surface area contributed by atoms with Crippen LogP contribution in [0.1, 0.15) is 11.1 Å². The van der Waals surface area contributed by atoms with Gasteiger partial charge in [-0.2, -0.15) is 0 Å². The molecule has 76 valence electrons. The quantitative estimate of drug-likeness (QED) is 0.576. The maximum atomic E-state index is 9.45. The van der Waals surface area contributed by atoms with Crippen molar-refractivity contribution in [1.82, 2.24) is 0 Å². The molecule has 0 atom stereocenters. The number of nitrogens with two attached hydrogens (primary N) is 1. The van der Waals surface area contributed by atoms with Crippen molar-refractivity contribution < 1.29 is 5.11 Å². The molecule has 0 saturated carbocycles. The van der Waals surface area contributed by atoms with E-state index in [1.807, 2.05) is 42.5 Å². The van der Waals surface area contributed by atoms with Gasteiger partial charge in [0.2, 0.25) is 0 Å². The van der Waals surface area contributed by atoms with E-state index in [9.17, 15) is 5.11 Å². The third kappa shape index (κ3) is 2.10. The maximum Gasteiger partial charge on any atom is 0.138 e. The highest BCUT2D eigenvalue weighted by atomic mass is 16.3. The first kappa shape index (κ1) is 9.59. The Morgan fingerprint density at radius 2 is 1.67 bits per heavy atom. The lowest BCUT2D eigenvalue weighted by Crippen LogP contribution is -1.95. The molecule has 0 aromatic heterocycles. The predicted octanol–water partition coefficient (Wildman–Crippen LogP) is 2.57. The number of phenols is 1. The van der Waals surface area contributed by atoms with Crippen LogP contribution in [0, 0.1) is 0 Å². The highest BCUT2D eigenvalue weighted by molar-refractivity contribution is 5.58. The van der Waals surface area contributed by atoms with Crippen molar-refractivity contribution in [3.8, 4) is 5.75 Å². The second kappa shape index (κ2) is 4.05. The number of aromatic hydroxyl groups is 1. The van der Waals surface area contributed by atoms with Crippen molar-refractivity contribution in [2.24, 2.45) is 0 Å². The predicted molar refractivity (Wildman–Crippen MR) is 61.8 cm³/mol. The van der Waals surface area contributed by atoms with Crippen molar-refractivity contribution in [2.45, 2.75) is 6.42 Å². The molecule has 3 N–H and O–H groups in total. The number of hydrogen-bond acceptors (Lipinski definition) is 2. The number of phenolic OH excluding ortho intramolecular Hbond substituents is 1. The lowest BCUT2D eigenvalue weighted by Gasteiger charge is -2.06. The van der Waals surface area contributed by atoms with Gasteiger partial charge in [-0.15, -0.1) is 0 Å². The van der Waals surface area contributed by atoms with Crippen molar-refractivity contribution in [1.29, 1.82) is 0 Å². The summed E-state index contributed by atoms with van der Waals surface area (Å²) in [7, 11) is 0. The average molecular weight is 199 g/mol. The number of para-hydroxylation sites is 1. The van der Waals surface area contributed by atoms with E-state index in [4.69, 9.17) is 5.73 Å². The topological polar surface area (TPSA) is 46.2 Å². The number of benzene rings is 2. The number of rotatable bonds is 2. The molecule has 15 heavy (non-hydrogen) atoms. The van der Waals surface area contributed by atoms with E-state index in [0.29, 0.717) is 5.69 Å². The van der Waals surface area contributed by atoms with Gasteiger partial charge in [0.1, 0.15) is 5.75 Å². The van der Waals surface area contributed by atoms with E-state index in [1.165, 1.54) is 5.56 Å². The first-order valence-corrected chi connectivity index (χ1v) is 4.87. The zero-order chi connectivity index (χ0) is 10.7. The van der Waals surface area contributed by atoms with Crippen LogP contribution in [0.3, 0.4) is 0 Å². The van der Waals surface area contributed by atoms with Crippen LogP contribution < -0.4 is 5.73 Å². The molecule has 0 aliphatic rings. The summed E-state index contributed by atoms with van der Waals surface area (Å²) in [6.45, 7) is 0. The summed E-state index contributed by atoms with van der Waals surface area (Å²) in [6.07, 6.45) is 0.751. The first-order valence-electron chi connectivity index (χ1n) is 4.87. The average Bonchev–Trinajstić information content (AvgIpc) is 2.26. The SMILES string of the molecule is Nc1c(O)cccc1Cc1ccccc1. The summed E-state index contributed by atoms with van der Waals surface area (Å²) < 4.78 is 0. The van der Waals surface area contributed by atoms with Gasteiger partial charge in [0.15, 0.2) is 0 Å². The molecule has 2 rings (SSSR count). The van der Waals surface area contributed by atoms with Gasteiger partial charge in [-0.3, -0.25) is 0 Å². The normalized spacial score (nSPS) is 10.1. The van der Waals surface area contributed by atoms with E-state index in [2.05, 4.69) is 0 Å². The van der Waals surface area contributed by atoms with Gasteiger partial charge >= 0.3 is 0 Å². The maximum absolute atomic E-state index is 9.45. The summed E-state index contributed by atoms with van der Waals surface area (Å²) in [6, 6.07) is 15.4. The highest BCUT2D eigenvalue weighted by Crippen LogP contribution is 2.25. The molecule has 2 aromatic rings. The molecule has 0 fully saturated rings. The second-order valence-electron chi connectivity index (χ2n) is 3.51. The molecule has 0 bridgehead atoms. The zero-order valence-electron chi connectivity index (χ0n) is 8.35. The van der Waals surface area contributed by atoms with Crippen LogP contribution >= 0.6 is 0 Å². The summed E-state index contributed by atoms with van der Waals surface area (Å²) in [4.78, 5) is 0. The molecule has 0 heterocycles. The van der Waals surface area contributed by atoms with Crippen molar-refractivity contribution in [3.05, 3.63) is 59.7 Å². The first-order chi connectivity index (χ1) is 7.27. The molecule has 2 nitrogen and oxygen atoms in total. The molecule has 0 saturated heterocycles. The largest absolute Gasteiger partial charge is 0.506 e. The van der Waals surface area contributed by atoms with E-state index >= 15 is 0 Å². The fourth-order valence-electron chi connectivity index (χ4n) is 1.57. The smallest absolute Gasteiger partial charge is 0.138 e. The Hall–Kier alpha value is -1.96. The Bertz CT molecular complexity index is 451. The molecule has 2 aromatic carbocycles. The molecule has 0 unspecified atom stereocenters. The molecule has 2 heteroatoms. The van der Waals surface area contributed by atoms with Crippen LogP contribution in [0.4, 0.5) is 5.69 Å². The Morgan fingerprint density at radius 1 is 0.933 bits per heavy atom. The Balaban J connectivity index is 2.29. The van der Waals surface area contributed by atoms with Gasteiger partial charge in [0.05, 0.1) is 5.69 Å². The number of anilines is 1. The van der Waals surface area contributed by atoms with Crippen molar-refractivity contribution >= 4 is 5.69 Å². The van der Waals surface area contributed by atoms with Gasteiger partial charge in [0.25, 0.3) is 0 Å². The third-order valence-electron chi connectivity index (χ3n) is 2.41. The van der Waals surface area contributed by atoms with Gasteiger partial charge in [0, 0.05) is 0 Å². The zero-order valence-corrected chi connectivity index (χ0v) is 8.35. The van der Waals surface area contributed by atoms with E-state index in [-0.39, 0.29) is 5.75 Å². The second-order valence-corrected chi connectivity index (χ2v) is 3.51. The monoisotopic (exact) mass is 199 g/mol. The summed E-state index contributed by atoms with van der Waals surface area (Å²) in [5, 5.41) is 9.45.